The van der Waals surface area contributed by atoms with Crippen molar-refractivity contribution in [1.29, 1.82) is 0 Å². The van der Waals surface area contributed by atoms with Gasteiger partial charge in [-0.2, -0.15) is 9.36 Å². The lowest BCUT2D eigenvalue weighted by Crippen LogP contribution is -2.71. The van der Waals surface area contributed by atoms with Crippen LogP contribution < -0.4 is 15.2 Å². The van der Waals surface area contributed by atoms with Crippen LogP contribution in [0, 0.1) is 0 Å². The van der Waals surface area contributed by atoms with E-state index in [4.69, 9.17) is 9.57 Å². The minimum atomic E-state index is -1.23. The fraction of sp³-hybridized carbons (Fsp3) is 0.360. The van der Waals surface area contributed by atoms with Gasteiger partial charge in [0.2, 0.25) is 16.7 Å². The van der Waals surface area contributed by atoms with Gasteiger partial charge < -0.3 is 20.0 Å². The first-order chi connectivity index (χ1) is 20.0. The Morgan fingerprint density at radius 2 is 2.05 bits per heavy atom. The number of oxime groups is 1. The maximum absolute atomic E-state index is 13.2. The molecule has 5 heterocycles. The molecule has 0 aliphatic carbocycles. The van der Waals surface area contributed by atoms with Crippen LogP contribution in [0.5, 0.6) is 0 Å². The van der Waals surface area contributed by atoms with Gasteiger partial charge in [0.25, 0.3) is 17.5 Å². The molecule has 2 aliphatic heterocycles. The third kappa shape index (κ3) is 5.78. The minimum Gasteiger partial charge on any atom is -0.477 e. The lowest BCUT2D eigenvalue weighted by atomic mass is 10.0. The van der Waals surface area contributed by atoms with Crippen LogP contribution in [-0.2, 0) is 30.5 Å². The maximum atomic E-state index is 13.2. The zero-order valence-corrected chi connectivity index (χ0v) is 24.6. The number of nitrogens with zero attached hydrogens (tertiary/aromatic N) is 6. The monoisotopic (exact) mass is 615 g/mol. The summed E-state index contributed by atoms with van der Waals surface area (Å²) in [4.78, 5) is 60.8. The van der Waals surface area contributed by atoms with Crippen LogP contribution in [0.25, 0.3) is 5.65 Å². The van der Waals surface area contributed by atoms with Crippen LogP contribution in [0.15, 0.2) is 53.2 Å². The molecule has 2 atom stereocenters. The third-order valence-corrected chi connectivity index (χ3v) is 8.08. The summed E-state index contributed by atoms with van der Waals surface area (Å²) in [5.74, 6) is -2.41. The van der Waals surface area contributed by atoms with E-state index in [0.29, 0.717) is 11.3 Å². The summed E-state index contributed by atoms with van der Waals surface area (Å²) >= 11 is 2.14. The summed E-state index contributed by atoms with van der Waals surface area (Å²) in [6.07, 6.45) is 4.84. The molecule has 0 bridgehead atoms. The van der Waals surface area contributed by atoms with Crippen molar-refractivity contribution in [3.8, 4) is 0 Å². The molecule has 15 nitrogen and oxygen atoms in total. The highest BCUT2D eigenvalue weighted by Gasteiger charge is 2.54. The number of carboxylic acid groups (broad SMARTS) is 1. The normalized spacial score (nSPS) is 18.8. The van der Waals surface area contributed by atoms with Crippen LogP contribution in [0.3, 0.4) is 0 Å². The van der Waals surface area contributed by atoms with E-state index in [-0.39, 0.29) is 28.9 Å². The first kappa shape index (κ1) is 29.0. The summed E-state index contributed by atoms with van der Waals surface area (Å²) < 4.78 is 13.1. The van der Waals surface area contributed by atoms with Gasteiger partial charge in [-0.1, -0.05) is 11.2 Å². The largest absolute Gasteiger partial charge is 0.477 e. The number of anilines is 1. The first-order valence-corrected chi connectivity index (χ1v) is 14.4. The Kier molecular flexibility index (Phi) is 7.87. The van der Waals surface area contributed by atoms with E-state index in [1.54, 1.807) is 20.8 Å². The first-order valence-electron chi connectivity index (χ1n) is 12.6. The average molecular weight is 616 g/mol. The Hall–Kier alpha value is -4.51. The molecule has 1 saturated heterocycles. The van der Waals surface area contributed by atoms with E-state index in [9.17, 15) is 24.3 Å². The van der Waals surface area contributed by atoms with Gasteiger partial charge in [-0.15, -0.1) is 11.8 Å². The number of pyridine rings is 1. The van der Waals surface area contributed by atoms with Gasteiger partial charge in [-0.05, 0) is 26.8 Å². The number of aliphatic carboxylic acids is 1. The molecule has 5 rings (SSSR count). The number of carbonyl (C=O) groups is 4. The van der Waals surface area contributed by atoms with Crippen LogP contribution in [0.4, 0.5) is 9.93 Å². The predicted molar refractivity (Wildman–Crippen MR) is 151 cm³/mol. The van der Waals surface area contributed by atoms with Crippen LogP contribution >= 0.6 is 23.3 Å². The molecule has 2 aliphatic rings. The number of imidazole rings is 1. The zero-order chi connectivity index (χ0) is 30.2. The molecule has 3 N–H and O–H groups in total. The Labute approximate surface area is 247 Å². The molecule has 3 amide bonds. The minimum absolute atomic E-state index is 0.0576. The lowest BCUT2D eigenvalue weighted by molar-refractivity contribution is -0.662. The number of thioether (sulfide) groups is 1. The summed E-state index contributed by atoms with van der Waals surface area (Å²) in [5.41, 5.74) is 0.285. The van der Waals surface area contributed by atoms with Gasteiger partial charge in [0.1, 0.15) is 48.8 Å². The predicted octanol–water partition coefficient (Wildman–Crippen LogP) is 1.21. The Morgan fingerprint density at radius 3 is 2.76 bits per heavy atom. The van der Waals surface area contributed by atoms with E-state index in [1.807, 2.05) is 45.8 Å². The summed E-state index contributed by atoms with van der Waals surface area (Å²) in [6, 6.07) is 4.67. The number of carboxylic acids is 1. The van der Waals surface area contributed by atoms with E-state index >= 15 is 0 Å². The molecule has 17 heteroatoms. The SMILES string of the molecule is CO/N=C(\C(=O)N[C@@H]1C(=O)N2C(C(=O)O)=C(C[n+]3ccn4ccccc43)CS[C@H]12)c1nsc(NC(=O)OC(C)(C)C)n1. The van der Waals surface area contributed by atoms with Crippen LogP contribution in [-0.4, -0.2) is 83.2 Å². The number of fused-ring (bicyclic) bond motifs is 2. The highest BCUT2D eigenvalue weighted by atomic mass is 32.2. The fourth-order valence-corrected chi connectivity index (χ4v) is 6.33. The molecule has 3 aromatic heterocycles. The number of amides is 3. The highest BCUT2D eigenvalue weighted by molar-refractivity contribution is 8.00. The van der Waals surface area contributed by atoms with Crippen molar-refractivity contribution in [2.75, 3.05) is 18.2 Å². The van der Waals surface area contributed by atoms with Crippen molar-refractivity contribution in [3.63, 3.8) is 0 Å². The summed E-state index contributed by atoms with van der Waals surface area (Å²) in [5, 5.41) is 18.2. The number of ether oxygens (including phenoxy) is 1. The van der Waals surface area contributed by atoms with Crippen molar-refractivity contribution in [1.82, 2.24) is 24.0 Å². The second kappa shape index (κ2) is 11.4. The number of β-lactam (4-membered cyclic amide) rings is 1. The quantitative estimate of drug-likeness (QED) is 0.144. The van der Waals surface area contributed by atoms with Gasteiger partial charge in [-0.25, -0.2) is 18.6 Å². The summed E-state index contributed by atoms with van der Waals surface area (Å²) in [7, 11) is 1.23. The van der Waals surface area contributed by atoms with Gasteiger partial charge in [-0.3, -0.25) is 19.8 Å². The maximum Gasteiger partial charge on any atom is 0.414 e. The van der Waals surface area contributed by atoms with Crippen molar-refractivity contribution in [3.05, 3.63) is 53.9 Å². The van der Waals surface area contributed by atoms with E-state index < -0.39 is 40.9 Å². The fourth-order valence-electron chi connectivity index (χ4n) is 4.44. The van der Waals surface area contributed by atoms with Crippen molar-refractivity contribution in [2.45, 2.75) is 44.3 Å². The molecule has 0 aromatic carbocycles. The highest BCUT2D eigenvalue weighted by Crippen LogP contribution is 2.40. The number of hydrogen-bond donors (Lipinski definition) is 3. The standard InChI is InChI=1S/C25H26N8O7S2/c1-25(2,3)40-24(38)28-23-27-18(30-42-23)15(29-39-4)19(34)26-16-20(35)33-17(22(36)37)13(12-41-21(16)33)11-32-10-9-31-8-6-5-7-14(31)32/h5-10,16,21H,11-12H2,1-4H3,(H2-,26,27,28,30,34,36,37,38)/p+1/b29-15-/t16-,21-/m1/s1. The Morgan fingerprint density at radius 1 is 1.26 bits per heavy atom. The Bertz CT molecular complexity index is 1640. The molecule has 0 unspecified atom stereocenters. The second-order valence-electron chi connectivity index (χ2n) is 10.2. The van der Waals surface area contributed by atoms with Gasteiger partial charge in [0, 0.05) is 28.9 Å². The van der Waals surface area contributed by atoms with Crippen LogP contribution in [0.1, 0.15) is 26.6 Å². The molecule has 0 radical (unpaired) electrons. The smallest absolute Gasteiger partial charge is 0.414 e. The zero-order valence-electron chi connectivity index (χ0n) is 22.9. The molecule has 0 saturated carbocycles. The van der Waals surface area contributed by atoms with Crippen molar-refractivity contribution >= 4 is 63.7 Å². The van der Waals surface area contributed by atoms with E-state index in [0.717, 1.165) is 17.2 Å². The van der Waals surface area contributed by atoms with Crippen molar-refractivity contribution < 1.29 is 38.4 Å². The van der Waals surface area contributed by atoms with E-state index in [1.165, 1.54) is 23.8 Å². The lowest BCUT2D eigenvalue weighted by Gasteiger charge is -2.49. The molecule has 1 fully saturated rings. The van der Waals surface area contributed by atoms with E-state index in [2.05, 4.69) is 25.1 Å². The van der Waals surface area contributed by atoms with Gasteiger partial charge in [0.05, 0.1) is 6.20 Å². The van der Waals surface area contributed by atoms with Crippen molar-refractivity contribution in [2.24, 2.45) is 5.16 Å². The van der Waals surface area contributed by atoms with Gasteiger partial charge >= 0.3 is 12.1 Å². The average Bonchev–Trinajstić information content (AvgIpc) is 3.55. The number of nitrogens with one attached hydrogen (secondary N) is 2. The topological polar surface area (TPSA) is 181 Å². The molecule has 42 heavy (non-hydrogen) atoms. The molecular formula is C25H27N8O7S2+. The summed E-state index contributed by atoms with van der Waals surface area (Å²) in [6.45, 7) is 5.40. The van der Waals surface area contributed by atoms with Gasteiger partial charge in [0.15, 0.2) is 0 Å². The van der Waals surface area contributed by atoms with Crippen LogP contribution in [0.2, 0.25) is 0 Å². The molecule has 0 spiro atoms. The number of carbonyl (C=O) groups excluding carboxylic acids is 3. The number of rotatable bonds is 8. The molecule has 3 aromatic rings. The second-order valence-corrected chi connectivity index (χ2v) is 12.0. The number of aromatic nitrogens is 4. The number of hydrogen-bond acceptors (Lipinski definition) is 11. The Balaban J connectivity index is 1.30. The molecule has 220 valence electrons. The molecular weight excluding hydrogens is 588 g/mol. The third-order valence-electron chi connectivity index (χ3n) is 6.11.